The van der Waals surface area contributed by atoms with Gasteiger partial charge in [-0.05, 0) is 38.2 Å². The normalized spacial score (nSPS) is 14.0. The summed E-state index contributed by atoms with van der Waals surface area (Å²) in [6.45, 7) is 1.93. The molecular formula is C15H17N7S2. The van der Waals surface area contributed by atoms with Gasteiger partial charge >= 0.3 is 0 Å². The Kier molecular flexibility index (Phi) is 3.97. The summed E-state index contributed by atoms with van der Waals surface area (Å²) in [5.41, 5.74) is 12.7. The minimum atomic E-state index is 0.148. The maximum Gasteiger partial charge on any atom is 0.225 e. The molecule has 7 nitrogen and oxygen atoms in total. The van der Waals surface area contributed by atoms with E-state index in [2.05, 4.69) is 24.9 Å². The lowest BCUT2D eigenvalue weighted by molar-refractivity contribution is 0.699. The number of nitrogens with two attached hydrogens (primary N) is 2. The molecular weight excluding hydrogens is 342 g/mol. The van der Waals surface area contributed by atoms with Gasteiger partial charge in [0.15, 0.2) is 0 Å². The number of hydrogen-bond donors (Lipinski definition) is 2. The quantitative estimate of drug-likeness (QED) is 0.541. The van der Waals surface area contributed by atoms with Crippen LogP contribution in [0.5, 0.6) is 0 Å². The molecule has 1 aliphatic rings. The van der Waals surface area contributed by atoms with Gasteiger partial charge in [0.25, 0.3) is 0 Å². The summed E-state index contributed by atoms with van der Waals surface area (Å²) in [4.78, 5) is 23.9. The van der Waals surface area contributed by atoms with E-state index in [1.54, 1.807) is 11.8 Å². The van der Waals surface area contributed by atoms with Crippen molar-refractivity contribution in [1.82, 2.24) is 24.9 Å². The molecule has 24 heavy (non-hydrogen) atoms. The van der Waals surface area contributed by atoms with E-state index >= 15 is 0 Å². The van der Waals surface area contributed by atoms with E-state index in [4.69, 9.17) is 11.5 Å². The van der Waals surface area contributed by atoms with Crippen molar-refractivity contribution in [2.24, 2.45) is 0 Å². The van der Waals surface area contributed by atoms with E-state index in [-0.39, 0.29) is 11.9 Å². The number of aryl methyl sites for hydroxylation is 3. The van der Waals surface area contributed by atoms with E-state index < -0.39 is 0 Å². The lowest BCUT2D eigenvalue weighted by atomic mass is 9.97. The Bertz CT molecular complexity index is 902. The summed E-state index contributed by atoms with van der Waals surface area (Å²) in [6.07, 6.45) is 4.76. The molecule has 1 aliphatic carbocycles. The molecule has 0 bridgehead atoms. The molecule has 0 radical (unpaired) electrons. The first-order valence-corrected chi connectivity index (χ1v) is 9.58. The van der Waals surface area contributed by atoms with Crippen molar-refractivity contribution in [2.75, 3.05) is 11.5 Å². The molecule has 0 spiro atoms. The molecule has 3 aromatic rings. The van der Waals surface area contributed by atoms with E-state index in [0.29, 0.717) is 11.6 Å². The fourth-order valence-electron chi connectivity index (χ4n) is 2.98. The molecule has 0 unspecified atom stereocenters. The Labute approximate surface area is 147 Å². The molecule has 124 valence electrons. The van der Waals surface area contributed by atoms with Crippen molar-refractivity contribution < 1.29 is 0 Å². The highest BCUT2D eigenvalue weighted by Crippen LogP contribution is 2.40. The van der Waals surface area contributed by atoms with Crippen LogP contribution in [0.2, 0.25) is 0 Å². The third-order valence-corrected chi connectivity index (χ3v) is 6.10. The average molecular weight is 359 g/mol. The first kappa shape index (κ1) is 15.5. The molecule has 0 fully saturated rings. The van der Waals surface area contributed by atoms with Crippen LogP contribution in [0.4, 0.5) is 11.9 Å². The van der Waals surface area contributed by atoms with Crippen molar-refractivity contribution in [3.05, 3.63) is 22.1 Å². The zero-order valence-corrected chi connectivity index (χ0v) is 14.9. The molecule has 0 saturated carbocycles. The molecule has 0 saturated heterocycles. The van der Waals surface area contributed by atoms with E-state index in [0.717, 1.165) is 28.5 Å². The van der Waals surface area contributed by atoms with Crippen molar-refractivity contribution >= 4 is 45.2 Å². The average Bonchev–Trinajstić information content (AvgIpc) is 2.89. The second-order valence-electron chi connectivity index (χ2n) is 5.72. The highest BCUT2D eigenvalue weighted by molar-refractivity contribution is 7.98. The standard InChI is InChI=1S/C15H17N7S2/c1-7-18-12(23-6-10-20-14(16)22-15(17)21-10)11-8-4-2-3-5-9(8)24-13(11)19-7/h2-6H2,1H3,(H4,16,17,20,21,22). The maximum absolute atomic E-state index is 5.64. The summed E-state index contributed by atoms with van der Waals surface area (Å²) in [5.74, 6) is 2.20. The van der Waals surface area contributed by atoms with Crippen molar-refractivity contribution in [1.29, 1.82) is 0 Å². The maximum atomic E-state index is 5.64. The Morgan fingerprint density at radius 1 is 1.00 bits per heavy atom. The second-order valence-corrected chi connectivity index (χ2v) is 7.77. The monoisotopic (exact) mass is 359 g/mol. The van der Waals surface area contributed by atoms with Crippen LogP contribution < -0.4 is 11.5 Å². The molecule has 3 aromatic heterocycles. The Hall–Kier alpha value is -2.00. The highest BCUT2D eigenvalue weighted by atomic mass is 32.2. The number of aromatic nitrogens is 5. The Balaban J connectivity index is 1.71. The number of nitrogens with zero attached hydrogens (tertiary/aromatic N) is 5. The molecule has 4 N–H and O–H groups in total. The number of thiophene rings is 1. The zero-order chi connectivity index (χ0) is 16.7. The zero-order valence-electron chi connectivity index (χ0n) is 13.2. The fraction of sp³-hybridized carbons (Fsp3) is 0.400. The lowest BCUT2D eigenvalue weighted by Crippen LogP contribution is -2.06. The Morgan fingerprint density at radius 2 is 1.75 bits per heavy atom. The van der Waals surface area contributed by atoms with E-state index in [9.17, 15) is 0 Å². The molecule has 0 amide bonds. The number of hydrogen-bond acceptors (Lipinski definition) is 9. The summed E-state index contributed by atoms with van der Waals surface area (Å²) in [6, 6.07) is 0. The van der Waals surface area contributed by atoms with Gasteiger partial charge in [0.1, 0.15) is 21.5 Å². The minimum Gasteiger partial charge on any atom is -0.368 e. The van der Waals surface area contributed by atoms with Crippen LogP contribution in [0, 0.1) is 6.92 Å². The number of fused-ring (bicyclic) bond motifs is 3. The van der Waals surface area contributed by atoms with Gasteiger partial charge in [0, 0.05) is 10.3 Å². The van der Waals surface area contributed by atoms with Crippen molar-refractivity contribution in [3.8, 4) is 0 Å². The van der Waals surface area contributed by atoms with Gasteiger partial charge in [0.2, 0.25) is 11.9 Å². The van der Waals surface area contributed by atoms with Gasteiger partial charge in [0.05, 0.1) is 5.75 Å². The number of anilines is 2. The number of rotatable bonds is 3. The molecule has 3 heterocycles. The SMILES string of the molecule is Cc1nc(SCc2nc(N)nc(N)n2)c2c3c(sc2n1)CCCC3. The predicted octanol–water partition coefficient (Wildman–Crippen LogP) is 2.52. The third-order valence-electron chi connectivity index (χ3n) is 3.95. The summed E-state index contributed by atoms with van der Waals surface area (Å²) in [5, 5.41) is 2.20. The Morgan fingerprint density at radius 3 is 2.54 bits per heavy atom. The smallest absolute Gasteiger partial charge is 0.225 e. The number of thioether (sulfide) groups is 1. The molecule has 0 aliphatic heterocycles. The van der Waals surface area contributed by atoms with Gasteiger partial charge < -0.3 is 11.5 Å². The summed E-state index contributed by atoms with van der Waals surface area (Å²) >= 11 is 3.41. The van der Waals surface area contributed by atoms with Gasteiger partial charge in [-0.15, -0.1) is 11.3 Å². The first-order valence-electron chi connectivity index (χ1n) is 7.78. The van der Waals surface area contributed by atoms with Gasteiger partial charge in [-0.3, -0.25) is 0 Å². The molecule has 0 atom stereocenters. The van der Waals surface area contributed by atoms with Crippen molar-refractivity contribution in [2.45, 2.75) is 43.4 Å². The lowest BCUT2D eigenvalue weighted by Gasteiger charge is -2.11. The third kappa shape index (κ3) is 2.89. The van der Waals surface area contributed by atoms with E-state index in [1.165, 1.54) is 28.7 Å². The van der Waals surface area contributed by atoms with Gasteiger partial charge in [-0.25, -0.2) is 9.97 Å². The van der Waals surface area contributed by atoms with Crippen LogP contribution >= 0.6 is 23.1 Å². The fourth-order valence-corrected chi connectivity index (χ4v) is 5.31. The van der Waals surface area contributed by atoms with Crippen LogP contribution in [0.1, 0.15) is 34.9 Å². The number of nitrogen functional groups attached to an aromatic ring is 2. The molecule has 9 heteroatoms. The van der Waals surface area contributed by atoms with Gasteiger partial charge in [-0.1, -0.05) is 11.8 Å². The van der Waals surface area contributed by atoms with Crippen molar-refractivity contribution in [3.63, 3.8) is 0 Å². The summed E-state index contributed by atoms with van der Waals surface area (Å²) < 4.78 is 0. The van der Waals surface area contributed by atoms with Crippen LogP contribution in [0.3, 0.4) is 0 Å². The van der Waals surface area contributed by atoms with Crippen LogP contribution in [-0.2, 0) is 18.6 Å². The topological polar surface area (TPSA) is 116 Å². The van der Waals surface area contributed by atoms with E-state index in [1.807, 2.05) is 18.3 Å². The summed E-state index contributed by atoms with van der Waals surface area (Å²) in [7, 11) is 0. The molecule has 0 aromatic carbocycles. The second kappa shape index (κ2) is 6.14. The van der Waals surface area contributed by atoms with Crippen LogP contribution in [-0.4, -0.2) is 24.9 Å². The predicted molar refractivity (Wildman–Crippen MR) is 97.0 cm³/mol. The first-order chi connectivity index (χ1) is 11.6. The van der Waals surface area contributed by atoms with Crippen LogP contribution in [0.15, 0.2) is 5.03 Å². The van der Waals surface area contributed by atoms with Gasteiger partial charge in [-0.2, -0.15) is 15.0 Å². The molecule has 4 rings (SSSR count). The largest absolute Gasteiger partial charge is 0.368 e. The minimum absolute atomic E-state index is 0.148. The highest BCUT2D eigenvalue weighted by Gasteiger charge is 2.21. The van der Waals surface area contributed by atoms with Crippen LogP contribution in [0.25, 0.3) is 10.2 Å².